The van der Waals surface area contributed by atoms with E-state index in [1.54, 1.807) is 50.5 Å². The second-order valence-electron chi connectivity index (χ2n) is 5.61. The number of benzene rings is 2. The molecule has 2 aromatic carbocycles. The summed E-state index contributed by atoms with van der Waals surface area (Å²) in [6, 6.07) is 11.5. The standard InChI is InChI=1S/C19H18BrFN2O2/c1-23(2)19(25)14-5-3-13(4-6-14)12-22-18(24)10-7-15-11-16(20)8-9-17(15)21/h3-11H,12H2,1-2H3,(H,22,24)/b10-7+. The number of amides is 2. The Morgan fingerprint density at radius 1 is 1.16 bits per heavy atom. The lowest BCUT2D eigenvalue weighted by Crippen LogP contribution is -2.22. The van der Waals surface area contributed by atoms with Crippen molar-refractivity contribution in [3.8, 4) is 0 Å². The van der Waals surface area contributed by atoms with E-state index in [9.17, 15) is 14.0 Å². The van der Waals surface area contributed by atoms with E-state index >= 15 is 0 Å². The van der Waals surface area contributed by atoms with Crippen LogP contribution >= 0.6 is 15.9 Å². The fourth-order valence-corrected chi connectivity index (χ4v) is 2.46. The first-order valence-corrected chi connectivity index (χ1v) is 8.37. The van der Waals surface area contributed by atoms with E-state index in [-0.39, 0.29) is 11.8 Å². The molecule has 6 heteroatoms. The molecule has 0 unspecified atom stereocenters. The van der Waals surface area contributed by atoms with Crippen molar-refractivity contribution in [3.05, 3.63) is 75.5 Å². The summed E-state index contributed by atoms with van der Waals surface area (Å²) in [6.07, 6.45) is 2.71. The molecule has 0 aliphatic rings. The molecule has 0 bridgehead atoms. The number of nitrogens with one attached hydrogen (secondary N) is 1. The van der Waals surface area contributed by atoms with Crippen LogP contribution in [0.5, 0.6) is 0 Å². The minimum atomic E-state index is -0.395. The molecule has 0 saturated heterocycles. The Kier molecular flexibility index (Phi) is 6.47. The number of nitrogens with zero attached hydrogens (tertiary/aromatic N) is 1. The summed E-state index contributed by atoms with van der Waals surface area (Å²) in [5.74, 6) is -0.796. The van der Waals surface area contributed by atoms with E-state index < -0.39 is 5.82 Å². The molecule has 0 spiro atoms. The molecule has 0 saturated carbocycles. The summed E-state index contributed by atoms with van der Waals surface area (Å²) in [4.78, 5) is 25.2. The zero-order chi connectivity index (χ0) is 18.4. The average molecular weight is 405 g/mol. The SMILES string of the molecule is CN(C)C(=O)c1ccc(CNC(=O)/C=C/c2cc(Br)ccc2F)cc1. The molecular weight excluding hydrogens is 387 g/mol. The van der Waals surface area contributed by atoms with Crippen LogP contribution in [0, 0.1) is 5.82 Å². The highest BCUT2D eigenvalue weighted by Crippen LogP contribution is 2.16. The van der Waals surface area contributed by atoms with Gasteiger partial charge in [0.1, 0.15) is 5.82 Å². The van der Waals surface area contributed by atoms with E-state index in [0.717, 1.165) is 10.0 Å². The van der Waals surface area contributed by atoms with Crippen LogP contribution in [-0.4, -0.2) is 30.8 Å². The molecule has 0 radical (unpaired) electrons. The highest BCUT2D eigenvalue weighted by Gasteiger charge is 2.07. The zero-order valence-electron chi connectivity index (χ0n) is 13.9. The van der Waals surface area contributed by atoms with Crippen molar-refractivity contribution in [1.82, 2.24) is 10.2 Å². The quantitative estimate of drug-likeness (QED) is 0.773. The van der Waals surface area contributed by atoms with Crippen LogP contribution in [0.4, 0.5) is 4.39 Å². The summed E-state index contributed by atoms with van der Waals surface area (Å²) in [5.41, 5.74) is 1.78. The third kappa shape index (κ3) is 5.53. The van der Waals surface area contributed by atoms with Gasteiger partial charge in [0.25, 0.3) is 5.91 Å². The molecule has 1 N–H and O–H groups in total. The van der Waals surface area contributed by atoms with Gasteiger partial charge >= 0.3 is 0 Å². The van der Waals surface area contributed by atoms with Crippen LogP contribution in [0.3, 0.4) is 0 Å². The van der Waals surface area contributed by atoms with E-state index in [1.807, 2.05) is 0 Å². The number of carbonyl (C=O) groups excluding carboxylic acids is 2. The lowest BCUT2D eigenvalue weighted by Gasteiger charge is -2.10. The van der Waals surface area contributed by atoms with Gasteiger partial charge in [-0.25, -0.2) is 4.39 Å². The Morgan fingerprint density at radius 3 is 2.48 bits per heavy atom. The third-order valence-electron chi connectivity index (χ3n) is 3.45. The normalized spacial score (nSPS) is 10.7. The molecule has 0 fully saturated rings. The Morgan fingerprint density at radius 2 is 1.84 bits per heavy atom. The van der Waals surface area contributed by atoms with Gasteiger partial charge in [0, 0.05) is 42.3 Å². The summed E-state index contributed by atoms with van der Waals surface area (Å²) >= 11 is 3.26. The maximum Gasteiger partial charge on any atom is 0.253 e. The summed E-state index contributed by atoms with van der Waals surface area (Å²) < 4.78 is 14.3. The Balaban J connectivity index is 1.92. The number of hydrogen-bond donors (Lipinski definition) is 1. The largest absolute Gasteiger partial charge is 0.348 e. The highest BCUT2D eigenvalue weighted by molar-refractivity contribution is 9.10. The van der Waals surface area contributed by atoms with Gasteiger partial charge in [0.15, 0.2) is 0 Å². The Hall–Kier alpha value is -2.47. The predicted octanol–water partition coefficient (Wildman–Crippen LogP) is 3.62. The smallest absolute Gasteiger partial charge is 0.253 e. The fourth-order valence-electron chi connectivity index (χ4n) is 2.08. The average Bonchev–Trinajstić information content (AvgIpc) is 2.60. The molecule has 0 aromatic heterocycles. The fraction of sp³-hybridized carbons (Fsp3) is 0.158. The first-order chi connectivity index (χ1) is 11.9. The minimum Gasteiger partial charge on any atom is -0.348 e. The van der Waals surface area contributed by atoms with Crippen molar-refractivity contribution in [2.45, 2.75) is 6.54 Å². The van der Waals surface area contributed by atoms with Crippen molar-refractivity contribution in [1.29, 1.82) is 0 Å². The molecular formula is C19H18BrFN2O2. The van der Waals surface area contributed by atoms with Crippen molar-refractivity contribution >= 4 is 33.8 Å². The van der Waals surface area contributed by atoms with Crippen LogP contribution in [-0.2, 0) is 11.3 Å². The van der Waals surface area contributed by atoms with Gasteiger partial charge in [-0.1, -0.05) is 28.1 Å². The van der Waals surface area contributed by atoms with Crippen molar-refractivity contribution in [2.24, 2.45) is 0 Å². The van der Waals surface area contributed by atoms with E-state index in [1.165, 1.54) is 23.1 Å². The topological polar surface area (TPSA) is 49.4 Å². The molecule has 2 rings (SSSR count). The Bertz CT molecular complexity index is 802. The van der Waals surface area contributed by atoms with Crippen molar-refractivity contribution in [2.75, 3.05) is 14.1 Å². The van der Waals surface area contributed by atoms with Gasteiger partial charge in [0.2, 0.25) is 5.91 Å². The molecule has 2 amide bonds. The molecule has 4 nitrogen and oxygen atoms in total. The van der Waals surface area contributed by atoms with Crippen LogP contribution in [0.15, 0.2) is 53.0 Å². The highest BCUT2D eigenvalue weighted by atomic mass is 79.9. The molecule has 0 heterocycles. The van der Waals surface area contributed by atoms with Crippen molar-refractivity contribution < 1.29 is 14.0 Å². The van der Waals surface area contributed by atoms with Gasteiger partial charge in [-0.3, -0.25) is 9.59 Å². The Labute approximate surface area is 154 Å². The lowest BCUT2D eigenvalue weighted by atomic mass is 10.1. The van der Waals surface area contributed by atoms with E-state index in [0.29, 0.717) is 17.7 Å². The second kappa shape index (κ2) is 8.58. The van der Waals surface area contributed by atoms with Gasteiger partial charge in [-0.05, 0) is 42.0 Å². The molecule has 0 aliphatic carbocycles. The number of rotatable bonds is 5. The van der Waals surface area contributed by atoms with Crippen LogP contribution in [0.1, 0.15) is 21.5 Å². The number of hydrogen-bond acceptors (Lipinski definition) is 2. The van der Waals surface area contributed by atoms with Crippen LogP contribution in [0.2, 0.25) is 0 Å². The first kappa shape index (κ1) is 18.9. The van der Waals surface area contributed by atoms with Gasteiger partial charge < -0.3 is 10.2 Å². The number of halogens is 2. The lowest BCUT2D eigenvalue weighted by molar-refractivity contribution is -0.116. The molecule has 2 aromatic rings. The molecule has 0 aliphatic heterocycles. The van der Waals surface area contributed by atoms with E-state index in [2.05, 4.69) is 21.2 Å². The molecule has 130 valence electrons. The molecule has 25 heavy (non-hydrogen) atoms. The maximum absolute atomic E-state index is 13.6. The van der Waals surface area contributed by atoms with E-state index in [4.69, 9.17) is 0 Å². The number of carbonyl (C=O) groups is 2. The van der Waals surface area contributed by atoms with Crippen LogP contribution in [0.25, 0.3) is 6.08 Å². The molecule has 0 atom stereocenters. The predicted molar refractivity (Wildman–Crippen MR) is 99.4 cm³/mol. The minimum absolute atomic E-state index is 0.0745. The second-order valence-corrected chi connectivity index (χ2v) is 6.53. The maximum atomic E-state index is 13.6. The van der Waals surface area contributed by atoms with Crippen molar-refractivity contribution in [3.63, 3.8) is 0 Å². The third-order valence-corrected chi connectivity index (χ3v) is 3.94. The van der Waals surface area contributed by atoms with Crippen LogP contribution < -0.4 is 5.32 Å². The summed E-state index contributed by atoms with van der Waals surface area (Å²) in [5, 5.41) is 2.72. The zero-order valence-corrected chi connectivity index (χ0v) is 15.5. The van der Waals surface area contributed by atoms with Gasteiger partial charge in [-0.15, -0.1) is 0 Å². The summed E-state index contributed by atoms with van der Waals surface area (Å²) in [7, 11) is 3.38. The summed E-state index contributed by atoms with van der Waals surface area (Å²) in [6.45, 7) is 0.320. The monoisotopic (exact) mass is 404 g/mol. The van der Waals surface area contributed by atoms with Gasteiger partial charge in [-0.2, -0.15) is 0 Å². The first-order valence-electron chi connectivity index (χ1n) is 7.58. The van der Waals surface area contributed by atoms with Gasteiger partial charge in [0.05, 0.1) is 0 Å².